The Balaban J connectivity index is 2.42. The van der Waals surface area contributed by atoms with Gasteiger partial charge in [-0.25, -0.2) is 0 Å². The fourth-order valence-corrected chi connectivity index (χ4v) is 1.97. The standard InChI is InChI=1S/C12H19NO2S/c1-9(5-6-16-2)13-8-10-3-4-11(14)7-12(10)15/h3-4,7,9,13-15H,5-6,8H2,1-2H3. The van der Waals surface area contributed by atoms with Crippen molar-refractivity contribution < 1.29 is 10.2 Å². The summed E-state index contributed by atoms with van der Waals surface area (Å²) in [5.74, 6) is 1.37. The summed E-state index contributed by atoms with van der Waals surface area (Å²) in [6, 6.07) is 5.12. The molecule has 1 atom stereocenters. The Morgan fingerprint density at radius 2 is 2.12 bits per heavy atom. The molecule has 1 rings (SSSR count). The Morgan fingerprint density at radius 3 is 2.75 bits per heavy atom. The summed E-state index contributed by atoms with van der Waals surface area (Å²) in [4.78, 5) is 0. The third-order valence-electron chi connectivity index (χ3n) is 2.46. The van der Waals surface area contributed by atoms with E-state index in [2.05, 4.69) is 18.5 Å². The van der Waals surface area contributed by atoms with Crippen LogP contribution in [0.15, 0.2) is 18.2 Å². The van der Waals surface area contributed by atoms with Crippen molar-refractivity contribution in [1.82, 2.24) is 5.32 Å². The third-order valence-corrected chi connectivity index (χ3v) is 3.11. The van der Waals surface area contributed by atoms with Crippen LogP contribution in [0.5, 0.6) is 11.5 Å². The zero-order valence-electron chi connectivity index (χ0n) is 9.73. The average molecular weight is 241 g/mol. The fraction of sp³-hybridized carbons (Fsp3) is 0.500. The van der Waals surface area contributed by atoms with E-state index in [-0.39, 0.29) is 11.5 Å². The maximum Gasteiger partial charge on any atom is 0.123 e. The summed E-state index contributed by atoms with van der Waals surface area (Å²) in [6.07, 6.45) is 3.21. The SMILES string of the molecule is CSCCC(C)NCc1ccc(O)cc1O. The first-order valence-electron chi connectivity index (χ1n) is 5.36. The van der Waals surface area contributed by atoms with E-state index in [9.17, 15) is 5.11 Å². The molecule has 16 heavy (non-hydrogen) atoms. The minimum atomic E-state index is 0.0941. The van der Waals surface area contributed by atoms with Crippen LogP contribution < -0.4 is 5.32 Å². The van der Waals surface area contributed by atoms with Crippen molar-refractivity contribution in [3.05, 3.63) is 23.8 Å². The maximum atomic E-state index is 9.58. The van der Waals surface area contributed by atoms with Crippen LogP contribution in [0.25, 0.3) is 0 Å². The Kier molecular flexibility index (Phi) is 5.49. The molecule has 0 amide bonds. The molecule has 1 aromatic rings. The molecule has 1 unspecified atom stereocenters. The first-order chi connectivity index (χ1) is 7.63. The van der Waals surface area contributed by atoms with Gasteiger partial charge in [0.25, 0.3) is 0 Å². The van der Waals surface area contributed by atoms with E-state index in [1.165, 1.54) is 6.07 Å². The summed E-state index contributed by atoms with van der Waals surface area (Å²) in [5.41, 5.74) is 0.814. The highest BCUT2D eigenvalue weighted by molar-refractivity contribution is 7.98. The number of benzene rings is 1. The van der Waals surface area contributed by atoms with E-state index < -0.39 is 0 Å². The van der Waals surface area contributed by atoms with Crippen LogP contribution in [-0.4, -0.2) is 28.3 Å². The fourth-order valence-electron chi connectivity index (χ4n) is 1.38. The predicted octanol–water partition coefficient (Wildman–Crippen LogP) is 2.33. The second kappa shape index (κ2) is 6.66. The summed E-state index contributed by atoms with van der Waals surface area (Å²) >= 11 is 1.83. The molecule has 0 aliphatic carbocycles. The van der Waals surface area contributed by atoms with Crippen LogP contribution >= 0.6 is 11.8 Å². The monoisotopic (exact) mass is 241 g/mol. The van der Waals surface area contributed by atoms with E-state index in [0.29, 0.717) is 12.6 Å². The number of phenols is 2. The second-order valence-electron chi connectivity index (χ2n) is 3.88. The topological polar surface area (TPSA) is 52.5 Å². The zero-order chi connectivity index (χ0) is 12.0. The number of hydrogen-bond acceptors (Lipinski definition) is 4. The molecular weight excluding hydrogens is 222 g/mol. The summed E-state index contributed by atoms with van der Waals surface area (Å²) < 4.78 is 0. The van der Waals surface area contributed by atoms with Crippen LogP contribution in [-0.2, 0) is 6.54 Å². The minimum Gasteiger partial charge on any atom is -0.508 e. The number of thioether (sulfide) groups is 1. The molecule has 0 aliphatic rings. The molecule has 0 fully saturated rings. The molecule has 90 valence electrons. The van der Waals surface area contributed by atoms with Crippen molar-refractivity contribution >= 4 is 11.8 Å². The first-order valence-corrected chi connectivity index (χ1v) is 6.76. The van der Waals surface area contributed by atoms with Crippen LogP contribution in [0, 0.1) is 0 Å². The predicted molar refractivity (Wildman–Crippen MR) is 69.1 cm³/mol. The minimum absolute atomic E-state index is 0.0941. The molecule has 4 heteroatoms. The molecule has 0 bridgehead atoms. The van der Waals surface area contributed by atoms with Crippen molar-refractivity contribution in [2.45, 2.75) is 25.9 Å². The quantitative estimate of drug-likeness (QED) is 0.715. The van der Waals surface area contributed by atoms with Gasteiger partial charge in [-0.3, -0.25) is 0 Å². The van der Waals surface area contributed by atoms with Crippen molar-refractivity contribution in [1.29, 1.82) is 0 Å². The van der Waals surface area contributed by atoms with Gasteiger partial charge in [-0.05, 0) is 31.4 Å². The van der Waals surface area contributed by atoms with Crippen molar-refractivity contribution in [2.24, 2.45) is 0 Å². The van der Waals surface area contributed by atoms with E-state index in [1.54, 1.807) is 12.1 Å². The lowest BCUT2D eigenvalue weighted by Gasteiger charge is -2.13. The average Bonchev–Trinajstić information content (AvgIpc) is 2.25. The van der Waals surface area contributed by atoms with Gasteiger partial charge < -0.3 is 15.5 Å². The molecule has 0 saturated carbocycles. The molecule has 0 aromatic heterocycles. The molecule has 0 heterocycles. The molecule has 1 aromatic carbocycles. The van der Waals surface area contributed by atoms with Gasteiger partial charge in [0.2, 0.25) is 0 Å². The molecule has 0 spiro atoms. The van der Waals surface area contributed by atoms with E-state index >= 15 is 0 Å². The van der Waals surface area contributed by atoms with Gasteiger partial charge in [-0.1, -0.05) is 6.07 Å². The van der Waals surface area contributed by atoms with Crippen LogP contribution in [0.2, 0.25) is 0 Å². The van der Waals surface area contributed by atoms with Gasteiger partial charge in [-0.15, -0.1) is 0 Å². The first kappa shape index (κ1) is 13.2. The lowest BCUT2D eigenvalue weighted by Crippen LogP contribution is -2.25. The number of rotatable bonds is 6. The molecule has 3 N–H and O–H groups in total. The molecule has 3 nitrogen and oxygen atoms in total. The van der Waals surface area contributed by atoms with Gasteiger partial charge in [-0.2, -0.15) is 11.8 Å². The highest BCUT2D eigenvalue weighted by Gasteiger charge is 2.05. The number of hydrogen-bond donors (Lipinski definition) is 3. The third kappa shape index (κ3) is 4.33. The lowest BCUT2D eigenvalue weighted by atomic mass is 10.1. The molecule has 0 saturated heterocycles. The van der Waals surface area contributed by atoms with Crippen LogP contribution in [0.4, 0.5) is 0 Å². The van der Waals surface area contributed by atoms with Gasteiger partial charge in [0.15, 0.2) is 0 Å². The summed E-state index contributed by atoms with van der Waals surface area (Å²) in [6.45, 7) is 2.76. The zero-order valence-corrected chi connectivity index (χ0v) is 10.5. The highest BCUT2D eigenvalue weighted by Crippen LogP contribution is 2.22. The Hall–Kier alpha value is -0.870. The van der Waals surface area contributed by atoms with E-state index in [0.717, 1.165) is 17.7 Å². The molecular formula is C12H19NO2S. The Morgan fingerprint density at radius 1 is 1.38 bits per heavy atom. The van der Waals surface area contributed by atoms with Crippen LogP contribution in [0.1, 0.15) is 18.9 Å². The Labute approximate surface area is 101 Å². The van der Waals surface area contributed by atoms with E-state index in [1.807, 2.05) is 11.8 Å². The van der Waals surface area contributed by atoms with Crippen molar-refractivity contribution in [3.63, 3.8) is 0 Å². The van der Waals surface area contributed by atoms with Crippen LogP contribution in [0.3, 0.4) is 0 Å². The summed E-state index contributed by atoms with van der Waals surface area (Å²) in [5, 5.41) is 22.1. The van der Waals surface area contributed by atoms with Gasteiger partial charge in [0.1, 0.15) is 11.5 Å². The normalized spacial score (nSPS) is 12.6. The second-order valence-corrected chi connectivity index (χ2v) is 4.86. The smallest absolute Gasteiger partial charge is 0.123 e. The summed E-state index contributed by atoms with van der Waals surface area (Å²) in [7, 11) is 0. The van der Waals surface area contributed by atoms with Gasteiger partial charge in [0, 0.05) is 24.2 Å². The molecule has 0 aliphatic heterocycles. The highest BCUT2D eigenvalue weighted by atomic mass is 32.2. The van der Waals surface area contributed by atoms with Crippen molar-refractivity contribution in [3.8, 4) is 11.5 Å². The number of aromatic hydroxyl groups is 2. The van der Waals surface area contributed by atoms with E-state index in [4.69, 9.17) is 5.11 Å². The number of phenolic OH excluding ortho intramolecular Hbond substituents is 2. The largest absolute Gasteiger partial charge is 0.508 e. The van der Waals surface area contributed by atoms with Gasteiger partial charge in [0.05, 0.1) is 0 Å². The number of nitrogens with one attached hydrogen (secondary N) is 1. The lowest BCUT2D eigenvalue weighted by molar-refractivity contribution is 0.440. The molecule has 0 radical (unpaired) electrons. The maximum absolute atomic E-state index is 9.58. The van der Waals surface area contributed by atoms with Crippen molar-refractivity contribution in [2.75, 3.05) is 12.0 Å². The van der Waals surface area contributed by atoms with Gasteiger partial charge >= 0.3 is 0 Å². The Bertz CT molecular complexity index is 331.